The number of aromatic nitrogens is 1. The van der Waals surface area contributed by atoms with E-state index >= 15 is 0 Å². The molecule has 0 aliphatic heterocycles. The Morgan fingerprint density at radius 1 is 0.844 bits per heavy atom. The molecule has 5 nitrogen and oxygen atoms in total. The third-order valence-corrected chi connectivity index (χ3v) is 5.79. The van der Waals surface area contributed by atoms with Gasteiger partial charge in [-0.3, -0.25) is 9.59 Å². The fourth-order valence-corrected chi connectivity index (χ4v) is 4.11. The predicted octanol–water partition coefficient (Wildman–Crippen LogP) is 5.29. The molecule has 2 amide bonds. The van der Waals surface area contributed by atoms with Gasteiger partial charge in [-0.25, -0.2) is 4.98 Å². The van der Waals surface area contributed by atoms with Crippen molar-refractivity contribution in [3.63, 3.8) is 0 Å². The van der Waals surface area contributed by atoms with Crippen LogP contribution in [0, 0.1) is 0 Å². The number of amides is 2. The number of hydrogen-bond acceptors (Lipinski definition) is 4. The number of nitrogens with one attached hydrogen (secondary N) is 2. The Bertz CT molecular complexity index is 1200. The molecular formula is C26H23N3O2S. The van der Waals surface area contributed by atoms with Crippen molar-refractivity contribution < 1.29 is 9.59 Å². The minimum Gasteiger partial charge on any atom is -0.352 e. The molecule has 0 saturated heterocycles. The van der Waals surface area contributed by atoms with Crippen molar-refractivity contribution in [2.75, 3.05) is 5.32 Å². The molecule has 0 atom stereocenters. The normalized spacial score (nSPS) is 10.5. The van der Waals surface area contributed by atoms with Gasteiger partial charge in [-0.15, -0.1) is 11.3 Å². The molecular weight excluding hydrogens is 418 g/mol. The van der Waals surface area contributed by atoms with Gasteiger partial charge in [-0.2, -0.15) is 0 Å². The summed E-state index contributed by atoms with van der Waals surface area (Å²) >= 11 is 1.62. The van der Waals surface area contributed by atoms with E-state index in [1.807, 2.05) is 54.6 Å². The van der Waals surface area contributed by atoms with Crippen LogP contribution in [0.3, 0.4) is 0 Å². The summed E-state index contributed by atoms with van der Waals surface area (Å²) in [5.41, 5.74) is 5.79. The summed E-state index contributed by atoms with van der Waals surface area (Å²) < 4.78 is 0. The number of benzene rings is 3. The van der Waals surface area contributed by atoms with Gasteiger partial charge in [0.05, 0.1) is 12.1 Å². The lowest BCUT2D eigenvalue weighted by Gasteiger charge is -2.07. The highest BCUT2D eigenvalue weighted by atomic mass is 32.1. The summed E-state index contributed by atoms with van der Waals surface area (Å²) in [6, 6.07) is 25.5. The Balaban J connectivity index is 1.31. The first-order chi connectivity index (χ1) is 15.6. The van der Waals surface area contributed by atoms with E-state index in [-0.39, 0.29) is 11.8 Å². The Kier molecular flexibility index (Phi) is 6.72. The molecule has 0 aliphatic rings. The van der Waals surface area contributed by atoms with Gasteiger partial charge in [0.15, 0.2) is 0 Å². The van der Waals surface area contributed by atoms with Crippen molar-refractivity contribution in [2.24, 2.45) is 0 Å². The van der Waals surface area contributed by atoms with E-state index in [2.05, 4.69) is 28.1 Å². The average Bonchev–Trinajstić information content (AvgIpc) is 3.30. The second kappa shape index (κ2) is 10.0. The van der Waals surface area contributed by atoms with Crippen LogP contribution >= 0.6 is 11.3 Å². The summed E-state index contributed by atoms with van der Waals surface area (Å²) in [7, 11) is 0. The van der Waals surface area contributed by atoms with Crippen LogP contribution in [0.1, 0.15) is 18.1 Å². The van der Waals surface area contributed by atoms with Gasteiger partial charge in [0.1, 0.15) is 5.01 Å². The van der Waals surface area contributed by atoms with E-state index in [4.69, 9.17) is 4.98 Å². The van der Waals surface area contributed by atoms with Gasteiger partial charge < -0.3 is 10.6 Å². The first kappa shape index (κ1) is 21.5. The monoisotopic (exact) mass is 441 g/mol. The molecule has 0 aliphatic carbocycles. The zero-order chi connectivity index (χ0) is 22.3. The SMILES string of the molecule is CC(=O)Nc1ccc(CC(=O)NCc2ccc(-c3nc(-c4ccccc4)cs3)cc2)cc1. The molecule has 4 rings (SSSR count). The van der Waals surface area contributed by atoms with Crippen LogP contribution < -0.4 is 10.6 Å². The number of rotatable bonds is 7. The van der Waals surface area contributed by atoms with Crippen LogP contribution in [-0.2, 0) is 22.6 Å². The van der Waals surface area contributed by atoms with Gasteiger partial charge >= 0.3 is 0 Å². The van der Waals surface area contributed by atoms with Crippen LogP contribution in [0.15, 0.2) is 84.2 Å². The van der Waals surface area contributed by atoms with E-state index in [1.54, 1.807) is 23.5 Å². The molecule has 0 saturated carbocycles. The molecule has 2 N–H and O–H groups in total. The van der Waals surface area contributed by atoms with E-state index < -0.39 is 0 Å². The molecule has 0 radical (unpaired) electrons. The van der Waals surface area contributed by atoms with Gasteiger partial charge in [0.2, 0.25) is 11.8 Å². The topological polar surface area (TPSA) is 71.1 Å². The molecule has 4 aromatic rings. The molecule has 0 spiro atoms. The Hall–Kier alpha value is -3.77. The number of anilines is 1. The van der Waals surface area contributed by atoms with E-state index in [0.717, 1.165) is 38.6 Å². The Morgan fingerprint density at radius 3 is 2.22 bits per heavy atom. The first-order valence-corrected chi connectivity index (χ1v) is 11.2. The lowest BCUT2D eigenvalue weighted by atomic mass is 10.1. The maximum Gasteiger partial charge on any atom is 0.224 e. The number of thiazole rings is 1. The van der Waals surface area contributed by atoms with Crippen molar-refractivity contribution in [2.45, 2.75) is 19.9 Å². The maximum atomic E-state index is 12.3. The molecule has 0 fully saturated rings. The molecule has 3 aromatic carbocycles. The fraction of sp³-hybridized carbons (Fsp3) is 0.115. The standard InChI is InChI=1S/C26H23N3O2S/c1-18(30)28-23-13-9-19(10-14-23)15-25(31)27-16-20-7-11-22(12-8-20)26-29-24(17-32-26)21-5-3-2-4-6-21/h2-14,17H,15-16H2,1H3,(H,27,31)(H,28,30). The molecule has 160 valence electrons. The second-order valence-electron chi connectivity index (χ2n) is 7.43. The quantitative estimate of drug-likeness (QED) is 0.409. The van der Waals surface area contributed by atoms with E-state index in [9.17, 15) is 9.59 Å². The molecule has 0 bridgehead atoms. The molecule has 1 aromatic heterocycles. The third-order valence-electron chi connectivity index (χ3n) is 4.90. The van der Waals surface area contributed by atoms with Gasteiger partial charge in [0, 0.05) is 35.7 Å². The number of hydrogen-bond donors (Lipinski definition) is 2. The minimum atomic E-state index is -0.118. The van der Waals surface area contributed by atoms with Crippen LogP contribution in [0.5, 0.6) is 0 Å². The van der Waals surface area contributed by atoms with Gasteiger partial charge in [0.25, 0.3) is 0 Å². The lowest BCUT2D eigenvalue weighted by molar-refractivity contribution is -0.120. The highest BCUT2D eigenvalue weighted by molar-refractivity contribution is 7.13. The highest BCUT2D eigenvalue weighted by Gasteiger charge is 2.08. The highest BCUT2D eigenvalue weighted by Crippen LogP contribution is 2.28. The lowest BCUT2D eigenvalue weighted by Crippen LogP contribution is -2.24. The summed E-state index contributed by atoms with van der Waals surface area (Å²) in [6.45, 7) is 1.93. The largest absolute Gasteiger partial charge is 0.352 e. The van der Waals surface area contributed by atoms with Crippen molar-refractivity contribution in [1.82, 2.24) is 10.3 Å². The summed E-state index contributed by atoms with van der Waals surface area (Å²) in [6.07, 6.45) is 0.291. The van der Waals surface area contributed by atoms with Crippen LogP contribution in [0.25, 0.3) is 21.8 Å². The summed E-state index contributed by atoms with van der Waals surface area (Å²) in [5.74, 6) is -0.165. The fourth-order valence-electron chi connectivity index (χ4n) is 3.27. The smallest absolute Gasteiger partial charge is 0.224 e. The van der Waals surface area contributed by atoms with Crippen molar-refractivity contribution >= 4 is 28.8 Å². The van der Waals surface area contributed by atoms with E-state index in [1.165, 1.54) is 6.92 Å². The minimum absolute atomic E-state index is 0.0474. The second-order valence-corrected chi connectivity index (χ2v) is 8.29. The number of nitrogens with zero attached hydrogens (tertiary/aromatic N) is 1. The Morgan fingerprint density at radius 2 is 1.53 bits per heavy atom. The average molecular weight is 442 g/mol. The summed E-state index contributed by atoms with van der Waals surface area (Å²) in [5, 5.41) is 8.72. The van der Waals surface area contributed by atoms with Crippen LogP contribution in [0.4, 0.5) is 5.69 Å². The molecule has 32 heavy (non-hydrogen) atoms. The van der Waals surface area contributed by atoms with Gasteiger partial charge in [-0.1, -0.05) is 66.7 Å². The first-order valence-electron chi connectivity index (χ1n) is 10.3. The van der Waals surface area contributed by atoms with Gasteiger partial charge in [-0.05, 0) is 23.3 Å². The zero-order valence-electron chi connectivity index (χ0n) is 17.7. The zero-order valence-corrected chi connectivity index (χ0v) is 18.5. The molecule has 6 heteroatoms. The molecule has 0 unspecified atom stereocenters. The number of carbonyl (C=O) groups is 2. The third kappa shape index (κ3) is 5.68. The van der Waals surface area contributed by atoms with Crippen LogP contribution in [-0.4, -0.2) is 16.8 Å². The van der Waals surface area contributed by atoms with Crippen molar-refractivity contribution in [1.29, 1.82) is 0 Å². The Labute approximate surface area is 191 Å². The van der Waals surface area contributed by atoms with E-state index in [0.29, 0.717) is 13.0 Å². The predicted molar refractivity (Wildman–Crippen MR) is 129 cm³/mol. The maximum absolute atomic E-state index is 12.3. The number of carbonyl (C=O) groups excluding carboxylic acids is 2. The van der Waals surface area contributed by atoms with Crippen LogP contribution in [0.2, 0.25) is 0 Å². The van der Waals surface area contributed by atoms with Crippen molar-refractivity contribution in [3.8, 4) is 21.8 Å². The molecule has 1 heterocycles. The summed E-state index contributed by atoms with van der Waals surface area (Å²) in [4.78, 5) is 28.1. The van der Waals surface area contributed by atoms with Crippen molar-refractivity contribution in [3.05, 3.63) is 95.4 Å².